The van der Waals surface area contributed by atoms with E-state index in [1.54, 1.807) is 12.1 Å². The fraction of sp³-hybridized carbons (Fsp3) is 0.429. The number of sulfonamides is 1. The van der Waals surface area contributed by atoms with Gasteiger partial charge in [0.15, 0.2) is 0 Å². The predicted molar refractivity (Wildman–Crippen MR) is 111 cm³/mol. The van der Waals surface area contributed by atoms with E-state index in [-0.39, 0.29) is 0 Å². The van der Waals surface area contributed by atoms with E-state index < -0.39 is 15.6 Å². The van der Waals surface area contributed by atoms with E-state index in [2.05, 4.69) is 22.9 Å². The summed E-state index contributed by atoms with van der Waals surface area (Å²) >= 11 is 3.40. The van der Waals surface area contributed by atoms with Crippen molar-refractivity contribution in [3.63, 3.8) is 0 Å². The lowest BCUT2D eigenvalue weighted by atomic mass is 9.85. The summed E-state index contributed by atoms with van der Waals surface area (Å²) in [4.78, 5) is 0.330. The summed E-state index contributed by atoms with van der Waals surface area (Å²) in [5.74, 6) is 0. The van der Waals surface area contributed by atoms with Crippen molar-refractivity contribution < 1.29 is 13.5 Å². The van der Waals surface area contributed by atoms with Gasteiger partial charge in [0, 0.05) is 17.6 Å². The van der Waals surface area contributed by atoms with Crippen molar-refractivity contribution in [3.8, 4) is 0 Å². The van der Waals surface area contributed by atoms with Gasteiger partial charge in [-0.3, -0.25) is 0 Å². The Labute approximate surface area is 170 Å². The Bertz CT molecular complexity index is 855. The second kappa shape index (κ2) is 8.43. The van der Waals surface area contributed by atoms with E-state index in [1.807, 2.05) is 36.4 Å². The molecule has 2 aromatic carbocycles. The first-order valence-corrected chi connectivity index (χ1v) is 11.7. The monoisotopic (exact) mass is 451 g/mol. The van der Waals surface area contributed by atoms with Gasteiger partial charge in [-0.15, -0.1) is 0 Å². The smallest absolute Gasteiger partial charge is 0.243 e. The van der Waals surface area contributed by atoms with Crippen molar-refractivity contribution in [2.75, 3.05) is 13.1 Å². The second-order valence-corrected chi connectivity index (χ2v) is 10.0. The van der Waals surface area contributed by atoms with Gasteiger partial charge < -0.3 is 5.11 Å². The summed E-state index contributed by atoms with van der Waals surface area (Å²) in [6, 6.07) is 14.8. The van der Waals surface area contributed by atoms with Crippen LogP contribution in [0.3, 0.4) is 0 Å². The van der Waals surface area contributed by atoms with Gasteiger partial charge in [0.2, 0.25) is 10.0 Å². The van der Waals surface area contributed by atoms with Gasteiger partial charge in [-0.2, -0.15) is 4.31 Å². The average Bonchev–Trinajstić information content (AvgIpc) is 2.67. The van der Waals surface area contributed by atoms with Crippen LogP contribution in [0.1, 0.15) is 43.7 Å². The fourth-order valence-electron chi connectivity index (χ4n) is 3.50. The lowest BCUT2D eigenvalue weighted by Crippen LogP contribution is -2.45. The maximum atomic E-state index is 12.9. The van der Waals surface area contributed by atoms with E-state index in [0.29, 0.717) is 30.8 Å². The summed E-state index contributed by atoms with van der Waals surface area (Å²) in [5.41, 5.74) is 1.03. The number of hydrogen-bond donors (Lipinski definition) is 1. The molecular formula is C21H26BrNO3S. The summed E-state index contributed by atoms with van der Waals surface area (Å²) in [5, 5.41) is 11.0. The molecular weight excluding hydrogens is 426 g/mol. The number of rotatable bonds is 6. The maximum Gasteiger partial charge on any atom is 0.243 e. The molecule has 2 aromatic rings. The van der Waals surface area contributed by atoms with E-state index in [0.717, 1.165) is 29.3 Å². The Morgan fingerprint density at radius 3 is 2.19 bits per heavy atom. The highest BCUT2D eigenvalue weighted by Gasteiger charge is 2.38. The molecule has 0 aromatic heterocycles. The third kappa shape index (κ3) is 4.62. The molecule has 0 radical (unpaired) electrons. The molecule has 146 valence electrons. The molecule has 1 heterocycles. The van der Waals surface area contributed by atoms with Gasteiger partial charge in [-0.25, -0.2) is 8.42 Å². The van der Waals surface area contributed by atoms with E-state index >= 15 is 0 Å². The average molecular weight is 452 g/mol. The first-order valence-electron chi connectivity index (χ1n) is 9.43. The van der Waals surface area contributed by atoms with Crippen molar-refractivity contribution in [1.29, 1.82) is 0 Å². The Morgan fingerprint density at radius 2 is 1.63 bits per heavy atom. The molecule has 1 aliphatic heterocycles. The molecule has 0 atom stereocenters. The van der Waals surface area contributed by atoms with Crippen molar-refractivity contribution >= 4 is 26.0 Å². The molecule has 0 spiro atoms. The highest BCUT2D eigenvalue weighted by atomic mass is 79.9. The SMILES string of the molecule is CCCCc1ccc(S(=O)(=O)N2CCC(O)(c3ccc(Br)cc3)CC2)cc1. The molecule has 0 bridgehead atoms. The molecule has 0 saturated carbocycles. The highest BCUT2D eigenvalue weighted by Crippen LogP contribution is 2.35. The van der Waals surface area contributed by atoms with Crippen LogP contribution in [0.4, 0.5) is 0 Å². The molecule has 0 unspecified atom stereocenters. The van der Waals surface area contributed by atoms with Gasteiger partial charge in [0.1, 0.15) is 0 Å². The molecule has 1 N–H and O–H groups in total. The molecule has 6 heteroatoms. The van der Waals surface area contributed by atoms with Gasteiger partial charge in [-0.05, 0) is 61.1 Å². The minimum absolute atomic E-state index is 0.312. The van der Waals surface area contributed by atoms with Crippen LogP contribution in [0.15, 0.2) is 57.9 Å². The quantitative estimate of drug-likeness (QED) is 0.704. The van der Waals surface area contributed by atoms with Crippen LogP contribution in [-0.4, -0.2) is 30.9 Å². The molecule has 0 aliphatic carbocycles. The van der Waals surface area contributed by atoms with Crippen LogP contribution >= 0.6 is 15.9 Å². The zero-order chi connectivity index (χ0) is 19.5. The number of aliphatic hydroxyl groups is 1. The molecule has 3 rings (SSSR count). The number of aryl methyl sites for hydroxylation is 1. The number of hydrogen-bond acceptors (Lipinski definition) is 3. The molecule has 0 amide bonds. The normalized spacial score (nSPS) is 17.7. The van der Waals surface area contributed by atoms with Crippen molar-refractivity contribution in [2.24, 2.45) is 0 Å². The summed E-state index contributed by atoms with van der Waals surface area (Å²) < 4.78 is 28.3. The third-order valence-electron chi connectivity index (χ3n) is 5.31. The van der Waals surface area contributed by atoms with E-state index in [1.165, 1.54) is 9.87 Å². The minimum atomic E-state index is -3.52. The number of piperidine rings is 1. The van der Waals surface area contributed by atoms with Gasteiger partial charge >= 0.3 is 0 Å². The lowest BCUT2D eigenvalue weighted by Gasteiger charge is -2.38. The van der Waals surface area contributed by atoms with Crippen LogP contribution in [0.2, 0.25) is 0 Å². The van der Waals surface area contributed by atoms with E-state index in [4.69, 9.17) is 0 Å². The number of halogens is 1. The van der Waals surface area contributed by atoms with Gasteiger partial charge in [0.25, 0.3) is 0 Å². The van der Waals surface area contributed by atoms with E-state index in [9.17, 15) is 13.5 Å². The summed E-state index contributed by atoms with van der Waals surface area (Å²) in [7, 11) is -3.52. The minimum Gasteiger partial charge on any atom is -0.385 e. The first-order chi connectivity index (χ1) is 12.8. The summed E-state index contributed by atoms with van der Waals surface area (Å²) in [6.45, 7) is 2.77. The Kier molecular flexibility index (Phi) is 6.41. The standard InChI is InChI=1S/C21H26BrNO3S/c1-2-3-4-17-5-11-20(12-6-17)27(25,26)23-15-13-21(24,14-16-23)18-7-9-19(22)10-8-18/h5-12,24H,2-4,13-16H2,1H3. The van der Waals surface area contributed by atoms with Crippen molar-refractivity contribution in [3.05, 3.63) is 64.1 Å². The van der Waals surface area contributed by atoms with Crippen LogP contribution in [0.5, 0.6) is 0 Å². The molecule has 1 saturated heterocycles. The molecule has 27 heavy (non-hydrogen) atoms. The van der Waals surface area contributed by atoms with Gasteiger partial charge in [-0.1, -0.05) is 53.5 Å². The molecule has 4 nitrogen and oxygen atoms in total. The lowest BCUT2D eigenvalue weighted by molar-refractivity contribution is -0.00962. The largest absolute Gasteiger partial charge is 0.385 e. The zero-order valence-corrected chi connectivity index (χ0v) is 18.0. The predicted octanol–water partition coefficient (Wildman–Crippen LogP) is 4.46. The zero-order valence-electron chi connectivity index (χ0n) is 15.6. The Hall–Kier alpha value is -1.21. The van der Waals surface area contributed by atoms with Crippen LogP contribution in [0.25, 0.3) is 0 Å². The topological polar surface area (TPSA) is 57.6 Å². The fourth-order valence-corrected chi connectivity index (χ4v) is 5.21. The van der Waals surface area contributed by atoms with Crippen LogP contribution in [0, 0.1) is 0 Å². The number of unbranched alkanes of at least 4 members (excludes halogenated alkanes) is 1. The van der Waals surface area contributed by atoms with Crippen molar-refractivity contribution in [1.82, 2.24) is 4.31 Å². The molecule has 1 fully saturated rings. The van der Waals surface area contributed by atoms with Crippen LogP contribution < -0.4 is 0 Å². The molecule has 1 aliphatic rings. The second-order valence-electron chi connectivity index (χ2n) is 7.19. The maximum absolute atomic E-state index is 12.9. The number of benzene rings is 2. The summed E-state index contributed by atoms with van der Waals surface area (Å²) in [6.07, 6.45) is 3.98. The Balaban J connectivity index is 1.70. The van der Waals surface area contributed by atoms with Gasteiger partial charge in [0.05, 0.1) is 10.5 Å². The van der Waals surface area contributed by atoms with Crippen LogP contribution in [-0.2, 0) is 22.0 Å². The van der Waals surface area contributed by atoms with Crippen molar-refractivity contribution in [2.45, 2.75) is 49.5 Å². The Morgan fingerprint density at radius 1 is 1.04 bits per heavy atom. The number of nitrogens with zero attached hydrogens (tertiary/aromatic N) is 1. The highest BCUT2D eigenvalue weighted by molar-refractivity contribution is 9.10. The first kappa shape index (κ1) is 20.5. The third-order valence-corrected chi connectivity index (χ3v) is 7.75.